The largest absolute Gasteiger partial charge is 0.457 e. The lowest BCUT2D eigenvalue weighted by molar-refractivity contribution is 0.0250. The van der Waals surface area contributed by atoms with E-state index >= 15 is 0 Å². The van der Waals surface area contributed by atoms with Gasteiger partial charge in [0, 0.05) is 54.7 Å². The summed E-state index contributed by atoms with van der Waals surface area (Å²) in [5, 5.41) is 4.82. The second kappa shape index (κ2) is 21.1. The number of anilines is 2. The zero-order chi connectivity index (χ0) is 41.6. The predicted molar refractivity (Wildman–Crippen MR) is 228 cm³/mol. The lowest BCUT2D eigenvalue weighted by atomic mass is 10.1. The van der Waals surface area contributed by atoms with E-state index in [9.17, 15) is 9.59 Å². The molecule has 4 aromatic carbocycles. The van der Waals surface area contributed by atoms with Gasteiger partial charge in [-0.2, -0.15) is 0 Å². The topological polar surface area (TPSA) is 125 Å². The number of hydrogen-bond acceptors (Lipinski definition) is 9. The van der Waals surface area contributed by atoms with Gasteiger partial charge in [0.2, 0.25) is 0 Å². The molecule has 2 unspecified atom stereocenters. The molecular formula is C44H56Cl2N4O7. The molecule has 2 aliphatic heterocycles. The molecule has 2 atom stereocenters. The molecule has 2 aliphatic rings. The van der Waals surface area contributed by atoms with Crippen LogP contribution in [-0.4, -0.2) is 79.1 Å². The Bertz CT molecular complexity index is 1790. The summed E-state index contributed by atoms with van der Waals surface area (Å²) in [6.45, 7) is 14.9. The van der Waals surface area contributed by atoms with Gasteiger partial charge in [-0.15, -0.1) is 0 Å². The van der Waals surface area contributed by atoms with Gasteiger partial charge in [-0.25, -0.2) is 9.59 Å². The van der Waals surface area contributed by atoms with E-state index in [1.54, 1.807) is 53.3 Å². The maximum Gasteiger partial charge on any atom is 0.410 e. The van der Waals surface area contributed by atoms with Crippen molar-refractivity contribution in [1.82, 2.24) is 9.80 Å². The Morgan fingerprint density at radius 3 is 1.47 bits per heavy atom. The fourth-order valence-corrected chi connectivity index (χ4v) is 5.87. The van der Waals surface area contributed by atoms with E-state index in [1.807, 2.05) is 102 Å². The second-order valence-electron chi connectivity index (χ2n) is 15.7. The van der Waals surface area contributed by atoms with Crippen molar-refractivity contribution in [1.29, 1.82) is 0 Å². The van der Waals surface area contributed by atoms with E-state index in [4.69, 9.17) is 52.6 Å². The summed E-state index contributed by atoms with van der Waals surface area (Å²) in [7, 11) is 1.67. The maximum atomic E-state index is 12.1. The molecule has 0 bridgehead atoms. The molecular weight excluding hydrogens is 767 g/mol. The van der Waals surface area contributed by atoms with E-state index in [2.05, 4.69) is 5.32 Å². The van der Waals surface area contributed by atoms with Crippen molar-refractivity contribution >= 4 is 46.8 Å². The van der Waals surface area contributed by atoms with Crippen LogP contribution in [0.2, 0.25) is 10.0 Å². The number of nitrogens with one attached hydrogen (secondary N) is 1. The van der Waals surface area contributed by atoms with Crippen molar-refractivity contribution in [2.75, 3.05) is 50.9 Å². The first-order chi connectivity index (χ1) is 26.9. The number of likely N-dealkylation sites (tertiary alicyclic amines) is 2. The number of nitrogens with two attached hydrogens (primary N) is 1. The third kappa shape index (κ3) is 16.7. The Hall–Kier alpha value is -4.84. The minimum absolute atomic E-state index is 0.169. The van der Waals surface area contributed by atoms with Crippen LogP contribution in [0, 0.1) is 5.92 Å². The highest BCUT2D eigenvalue weighted by Gasteiger charge is 2.30. The molecule has 3 N–H and O–H groups in total. The molecule has 11 nitrogen and oxygen atoms in total. The Labute approximate surface area is 347 Å². The van der Waals surface area contributed by atoms with Gasteiger partial charge in [0.25, 0.3) is 0 Å². The Morgan fingerprint density at radius 2 is 1.05 bits per heavy atom. The molecule has 2 heterocycles. The second-order valence-corrected chi connectivity index (χ2v) is 16.6. The number of methoxy groups -OCH3 is 1. The van der Waals surface area contributed by atoms with Crippen LogP contribution < -0.4 is 20.5 Å². The number of amides is 2. The number of nitrogens with zero attached hydrogens (tertiary/aromatic N) is 2. The average molecular weight is 824 g/mol. The van der Waals surface area contributed by atoms with E-state index in [1.165, 1.54) is 0 Å². The minimum atomic E-state index is -0.455. The highest BCUT2D eigenvalue weighted by atomic mass is 35.5. The number of benzene rings is 4. The zero-order valence-electron chi connectivity index (χ0n) is 33.9. The first-order valence-electron chi connectivity index (χ1n) is 19.0. The summed E-state index contributed by atoms with van der Waals surface area (Å²) in [6, 6.07) is 29.6. The van der Waals surface area contributed by atoms with Gasteiger partial charge in [0.1, 0.15) is 34.2 Å². The molecule has 0 spiro atoms. The lowest BCUT2D eigenvalue weighted by Gasteiger charge is -2.24. The Morgan fingerprint density at radius 1 is 0.649 bits per heavy atom. The van der Waals surface area contributed by atoms with Gasteiger partial charge in [-0.1, -0.05) is 23.2 Å². The van der Waals surface area contributed by atoms with Gasteiger partial charge >= 0.3 is 12.2 Å². The van der Waals surface area contributed by atoms with Crippen molar-refractivity contribution in [3.63, 3.8) is 0 Å². The highest BCUT2D eigenvalue weighted by Crippen LogP contribution is 2.26. The first-order valence-corrected chi connectivity index (χ1v) is 19.8. The highest BCUT2D eigenvalue weighted by molar-refractivity contribution is 6.30. The Kier molecular flexibility index (Phi) is 16.6. The predicted octanol–water partition coefficient (Wildman–Crippen LogP) is 11.2. The van der Waals surface area contributed by atoms with Crippen molar-refractivity contribution in [3.05, 3.63) is 107 Å². The van der Waals surface area contributed by atoms with Crippen LogP contribution in [0.4, 0.5) is 21.0 Å². The van der Waals surface area contributed by atoms with E-state index in [0.29, 0.717) is 22.5 Å². The van der Waals surface area contributed by atoms with Crippen LogP contribution in [0.3, 0.4) is 0 Å². The van der Waals surface area contributed by atoms with Crippen molar-refractivity contribution in [2.24, 2.45) is 5.92 Å². The van der Waals surface area contributed by atoms with Crippen molar-refractivity contribution in [2.45, 2.75) is 71.7 Å². The van der Waals surface area contributed by atoms with Crippen LogP contribution in [0.25, 0.3) is 0 Å². The number of nitrogen functional groups attached to an aromatic ring is 1. The van der Waals surface area contributed by atoms with Crippen LogP contribution in [-0.2, 0) is 14.2 Å². The molecule has 0 aromatic heterocycles. The van der Waals surface area contributed by atoms with Gasteiger partial charge in [-0.3, -0.25) is 0 Å². The van der Waals surface area contributed by atoms with Crippen LogP contribution in [0.5, 0.6) is 23.0 Å². The summed E-state index contributed by atoms with van der Waals surface area (Å²) in [4.78, 5) is 27.2. The average Bonchev–Trinajstić information content (AvgIpc) is 3.84. The fraction of sp³-hybridized carbons (Fsp3) is 0.409. The number of carbonyl (C=O) groups is 2. The third-order valence-electron chi connectivity index (χ3n) is 8.50. The van der Waals surface area contributed by atoms with Crippen LogP contribution in [0.1, 0.15) is 54.4 Å². The number of rotatable bonds is 8. The quantitative estimate of drug-likeness (QED) is 0.167. The molecule has 2 amide bonds. The molecule has 57 heavy (non-hydrogen) atoms. The van der Waals surface area contributed by atoms with Crippen molar-refractivity contribution < 1.29 is 33.3 Å². The minimum Gasteiger partial charge on any atom is -0.457 e. The van der Waals surface area contributed by atoms with Crippen LogP contribution in [0.15, 0.2) is 97.1 Å². The number of halogens is 2. The molecule has 2 fully saturated rings. The van der Waals surface area contributed by atoms with Crippen molar-refractivity contribution in [3.8, 4) is 23.0 Å². The van der Waals surface area contributed by atoms with Gasteiger partial charge in [-0.05, 0) is 157 Å². The number of ether oxygens (including phenoxy) is 5. The molecule has 6 rings (SSSR count). The molecule has 13 heteroatoms. The molecule has 4 aromatic rings. The standard InChI is InChI=1S/C22H27ClN2O3.C12H10ClNO.C10H19NO3/c1-22(2,3)28-21(26)25-13-12-16(15-25)14-24-18-6-10-20(11-7-18)27-19-8-4-17(23)5-9-19;13-9-1-5-11(6-2-9)15-12-7-3-10(14)4-8-12;1-10(2,3)14-9(12)11-6-5-8(7-11)13-4/h4-11,16,24H,12-15H2,1-3H3;1-8H,14H2;8H,5-7H2,1-4H3. The summed E-state index contributed by atoms with van der Waals surface area (Å²) >= 11 is 11.6. The molecule has 0 aliphatic carbocycles. The normalized spacial score (nSPS) is 16.4. The summed E-state index contributed by atoms with van der Waals surface area (Å²) in [5.74, 6) is 3.44. The van der Waals surface area contributed by atoms with E-state index in [-0.39, 0.29) is 18.3 Å². The monoisotopic (exact) mass is 822 g/mol. The van der Waals surface area contributed by atoms with E-state index in [0.717, 1.165) is 73.4 Å². The van der Waals surface area contributed by atoms with Gasteiger partial charge < -0.3 is 44.5 Å². The maximum absolute atomic E-state index is 12.1. The molecule has 0 radical (unpaired) electrons. The summed E-state index contributed by atoms with van der Waals surface area (Å²) in [6.07, 6.45) is 1.58. The molecule has 308 valence electrons. The zero-order valence-corrected chi connectivity index (χ0v) is 35.4. The molecule has 0 saturated carbocycles. The number of hydrogen-bond donors (Lipinski definition) is 2. The summed E-state index contributed by atoms with van der Waals surface area (Å²) < 4.78 is 27.2. The van der Waals surface area contributed by atoms with Gasteiger partial charge in [0.15, 0.2) is 0 Å². The van der Waals surface area contributed by atoms with Gasteiger partial charge in [0.05, 0.1) is 12.6 Å². The third-order valence-corrected chi connectivity index (χ3v) is 9.00. The smallest absolute Gasteiger partial charge is 0.410 e. The SMILES string of the molecule is CC(C)(C)OC(=O)N1CCC(CNc2ccc(Oc3ccc(Cl)cc3)cc2)C1.COC1CCN(C(=O)OC(C)(C)C)C1.Nc1ccc(Oc2ccc(Cl)cc2)cc1. The Balaban J connectivity index is 0.000000209. The first kappa shape index (κ1) is 44.9. The number of carbonyl (C=O) groups excluding carboxylic acids is 2. The lowest BCUT2D eigenvalue weighted by Crippen LogP contribution is -2.35. The van der Waals surface area contributed by atoms with E-state index < -0.39 is 11.2 Å². The van der Waals surface area contributed by atoms with Crippen LogP contribution >= 0.6 is 23.2 Å². The fourth-order valence-electron chi connectivity index (χ4n) is 5.62. The summed E-state index contributed by atoms with van der Waals surface area (Å²) in [5.41, 5.74) is 6.45. The molecule has 2 saturated heterocycles.